The normalized spacial score (nSPS) is 11.6. The van der Waals surface area contributed by atoms with Gasteiger partial charge in [0.1, 0.15) is 11.5 Å². The van der Waals surface area contributed by atoms with Crippen molar-refractivity contribution in [1.29, 1.82) is 0 Å². The number of nitrogens with zero attached hydrogens (tertiary/aromatic N) is 1. The van der Waals surface area contributed by atoms with Gasteiger partial charge in [0.25, 0.3) is 5.91 Å². The van der Waals surface area contributed by atoms with Gasteiger partial charge in [0.15, 0.2) is 0 Å². The first-order valence-corrected chi connectivity index (χ1v) is 7.70. The third-order valence-corrected chi connectivity index (χ3v) is 3.65. The highest BCUT2D eigenvalue weighted by Gasteiger charge is 2.21. The number of hydrogen-bond acceptors (Lipinski definition) is 3. The number of para-hydroxylation sites is 1. The van der Waals surface area contributed by atoms with Crippen molar-refractivity contribution < 1.29 is 19.4 Å². The minimum Gasteiger partial charge on any atom is -0.481 e. The van der Waals surface area contributed by atoms with Crippen LogP contribution in [0, 0.1) is 12.8 Å². The van der Waals surface area contributed by atoms with Crippen LogP contribution in [-0.2, 0) is 4.79 Å². The molecule has 0 spiro atoms. The first kappa shape index (κ1) is 17.5. The van der Waals surface area contributed by atoms with Crippen LogP contribution in [0.2, 0.25) is 0 Å². The van der Waals surface area contributed by atoms with Gasteiger partial charge < -0.3 is 14.7 Å². The van der Waals surface area contributed by atoms with Crippen molar-refractivity contribution in [2.24, 2.45) is 5.92 Å². The highest BCUT2D eigenvalue weighted by Crippen LogP contribution is 2.26. The van der Waals surface area contributed by atoms with Crippen molar-refractivity contribution >= 4 is 11.9 Å². The quantitative estimate of drug-likeness (QED) is 0.880. The molecule has 0 aliphatic carbocycles. The fourth-order valence-corrected chi connectivity index (χ4v) is 2.32. The molecule has 0 saturated carbocycles. The average molecular weight is 327 g/mol. The van der Waals surface area contributed by atoms with E-state index in [1.807, 2.05) is 31.2 Å². The summed E-state index contributed by atoms with van der Waals surface area (Å²) in [4.78, 5) is 25.0. The smallest absolute Gasteiger partial charge is 0.308 e. The summed E-state index contributed by atoms with van der Waals surface area (Å²) in [5, 5.41) is 9.00. The van der Waals surface area contributed by atoms with Gasteiger partial charge in [0.2, 0.25) is 0 Å². The second-order valence-electron chi connectivity index (χ2n) is 5.84. The topological polar surface area (TPSA) is 66.8 Å². The van der Waals surface area contributed by atoms with Crippen LogP contribution in [0.1, 0.15) is 22.8 Å². The van der Waals surface area contributed by atoms with Gasteiger partial charge in [-0.3, -0.25) is 9.59 Å². The van der Waals surface area contributed by atoms with E-state index in [1.165, 1.54) is 4.90 Å². The summed E-state index contributed by atoms with van der Waals surface area (Å²) >= 11 is 0. The number of carboxylic acids is 1. The second kappa shape index (κ2) is 7.64. The number of carboxylic acid groups (broad SMARTS) is 1. The largest absolute Gasteiger partial charge is 0.481 e. The molecule has 1 amide bonds. The summed E-state index contributed by atoms with van der Waals surface area (Å²) in [6.45, 7) is 3.67. The molecule has 0 heterocycles. The van der Waals surface area contributed by atoms with Crippen LogP contribution in [0.5, 0.6) is 11.5 Å². The Morgan fingerprint density at radius 2 is 1.88 bits per heavy atom. The third kappa shape index (κ3) is 4.35. The molecule has 5 heteroatoms. The van der Waals surface area contributed by atoms with Gasteiger partial charge in [-0.2, -0.15) is 0 Å². The molecule has 5 nitrogen and oxygen atoms in total. The van der Waals surface area contributed by atoms with E-state index < -0.39 is 11.9 Å². The molecular weight excluding hydrogens is 306 g/mol. The predicted octanol–water partition coefficient (Wildman–Crippen LogP) is 3.58. The number of rotatable bonds is 6. The maximum Gasteiger partial charge on any atom is 0.308 e. The van der Waals surface area contributed by atoms with E-state index in [2.05, 4.69) is 0 Å². The van der Waals surface area contributed by atoms with Gasteiger partial charge in [0.05, 0.1) is 11.5 Å². The Labute approximate surface area is 141 Å². The molecule has 1 unspecified atom stereocenters. The molecule has 0 radical (unpaired) electrons. The molecule has 2 rings (SSSR count). The highest BCUT2D eigenvalue weighted by atomic mass is 16.5. The summed E-state index contributed by atoms with van der Waals surface area (Å²) < 4.78 is 5.85. The van der Waals surface area contributed by atoms with Crippen molar-refractivity contribution in [3.63, 3.8) is 0 Å². The van der Waals surface area contributed by atoms with Crippen LogP contribution >= 0.6 is 0 Å². The van der Waals surface area contributed by atoms with Gasteiger partial charge >= 0.3 is 5.97 Å². The zero-order valence-electron chi connectivity index (χ0n) is 14.0. The minimum absolute atomic E-state index is 0.132. The van der Waals surface area contributed by atoms with E-state index in [0.717, 1.165) is 5.56 Å². The highest BCUT2D eigenvalue weighted by molar-refractivity contribution is 5.97. The van der Waals surface area contributed by atoms with Crippen LogP contribution in [-0.4, -0.2) is 35.5 Å². The van der Waals surface area contributed by atoms with Gasteiger partial charge in [-0.1, -0.05) is 31.2 Å². The van der Waals surface area contributed by atoms with Gasteiger partial charge in [-0.25, -0.2) is 0 Å². The van der Waals surface area contributed by atoms with Crippen molar-refractivity contribution in [3.8, 4) is 11.5 Å². The van der Waals surface area contributed by atoms with Crippen LogP contribution in [0.25, 0.3) is 0 Å². The van der Waals surface area contributed by atoms with E-state index in [4.69, 9.17) is 9.84 Å². The van der Waals surface area contributed by atoms with Gasteiger partial charge in [-0.15, -0.1) is 0 Å². The molecule has 0 bridgehead atoms. The summed E-state index contributed by atoms with van der Waals surface area (Å²) in [5.41, 5.74) is 1.46. The Balaban J connectivity index is 2.21. The monoisotopic (exact) mass is 327 g/mol. The molecule has 126 valence electrons. The molecule has 0 fully saturated rings. The van der Waals surface area contributed by atoms with Gasteiger partial charge in [0, 0.05) is 13.6 Å². The molecule has 0 aliphatic rings. The predicted molar refractivity (Wildman–Crippen MR) is 91.5 cm³/mol. The second-order valence-corrected chi connectivity index (χ2v) is 5.84. The average Bonchev–Trinajstić information content (AvgIpc) is 2.54. The van der Waals surface area contributed by atoms with Gasteiger partial charge in [-0.05, 0) is 36.8 Å². The zero-order valence-corrected chi connectivity index (χ0v) is 14.0. The van der Waals surface area contributed by atoms with Crippen molar-refractivity contribution in [2.45, 2.75) is 13.8 Å². The standard InChI is InChI=1S/C19H21NO4/c1-13-7-6-8-15(11-13)24-17-10-5-4-9-16(17)18(21)20(3)12-14(2)19(22)23/h4-11,14H,12H2,1-3H3,(H,22,23). The maximum absolute atomic E-state index is 12.6. The Morgan fingerprint density at radius 1 is 1.17 bits per heavy atom. The number of ether oxygens (including phenoxy) is 1. The summed E-state index contributed by atoms with van der Waals surface area (Å²) in [5.74, 6) is -0.742. The number of benzene rings is 2. The fraction of sp³-hybridized carbons (Fsp3) is 0.263. The Hall–Kier alpha value is -2.82. The molecule has 24 heavy (non-hydrogen) atoms. The molecule has 2 aromatic rings. The SMILES string of the molecule is Cc1cccc(Oc2ccccc2C(=O)N(C)CC(C)C(=O)O)c1. The van der Waals surface area contributed by atoms with E-state index >= 15 is 0 Å². The first-order chi connectivity index (χ1) is 11.4. The summed E-state index contributed by atoms with van der Waals surface area (Å²) in [6, 6.07) is 14.5. The number of aliphatic carboxylic acids is 1. The first-order valence-electron chi connectivity index (χ1n) is 7.70. The Kier molecular flexibility index (Phi) is 5.58. The van der Waals surface area contributed by atoms with Crippen molar-refractivity contribution in [3.05, 3.63) is 59.7 Å². The summed E-state index contributed by atoms with van der Waals surface area (Å²) in [7, 11) is 1.59. The molecule has 0 aliphatic heterocycles. The number of carbonyl (C=O) groups is 2. The Bertz CT molecular complexity index is 742. The number of hydrogen-bond donors (Lipinski definition) is 1. The zero-order chi connectivity index (χ0) is 17.7. The van der Waals surface area contributed by atoms with Crippen molar-refractivity contribution in [1.82, 2.24) is 4.90 Å². The number of amides is 1. The van der Waals surface area contributed by atoms with Crippen LogP contribution in [0.15, 0.2) is 48.5 Å². The maximum atomic E-state index is 12.6. The van der Waals surface area contributed by atoms with E-state index in [-0.39, 0.29) is 12.5 Å². The third-order valence-electron chi connectivity index (χ3n) is 3.65. The molecule has 0 aromatic heterocycles. The lowest BCUT2D eigenvalue weighted by Gasteiger charge is -2.21. The number of carbonyl (C=O) groups excluding carboxylic acids is 1. The molecular formula is C19H21NO4. The van der Waals surface area contributed by atoms with Crippen LogP contribution in [0.3, 0.4) is 0 Å². The Morgan fingerprint density at radius 3 is 2.54 bits per heavy atom. The van der Waals surface area contributed by atoms with E-state index in [0.29, 0.717) is 17.1 Å². The molecule has 1 atom stereocenters. The van der Waals surface area contributed by atoms with Crippen molar-refractivity contribution in [2.75, 3.05) is 13.6 Å². The fourth-order valence-electron chi connectivity index (χ4n) is 2.32. The minimum atomic E-state index is -0.932. The van der Waals surface area contributed by atoms with Crippen LogP contribution < -0.4 is 4.74 Å². The lowest BCUT2D eigenvalue weighted by Crippen LogP contribution is -2.33. The molecule has 0 saturated heterocycles. The number of aryl methyl sites for hydroxylation is 1. The lowest BCUT2D eigenvalue weighted by molar-refractivity contribution is -0.141. The van der Waals surface area contributed by atoms with E-state index in [1.54, 1.807) is 38.2 Å². The van der Waals surface area contributed by atoms with Crippen LogP contribution in [0.4, 0.5) is 0 Å². The van der Waals surface area contributed by atoms with E-state index in [9.17, 15) is 9.59 Å². The lowest BCUT2D eigenvalue weighted by atomic mass is 10.1. The molecule has 1 N–H and O–H groups in total. The molecule has 2 aromatic carbocycles. The summed E-state index contributed by atoms with van der Waals surface area (Å²) in [6.07, 6.45) is 0.